The van der Waals surface area contributed by atoms with Crippen LogP contribution in [0.25, 0.3) is 0 Å². The Morgan fingerprint density at radius 2 is 2.09 bits per heavy atom. The Bertz CT molecular complexity index is 534. The van der Waals surface area contributed by atoms with Gasteiger partial charge in [0, 0.05) is 36.3 Å². The van der Waals surface area contributed by atoms with E-state index in [0.29, 0.717) is 17.8 Å². The molecule has 2 rings (SSSR count). The first kappa shape index (κ1) is 16.6. The molecule has 0 aromatic carbocycles. The van der Waals surface area contributed by atoms with E-state index in [4.69, 9.17) is 9.73 Å². The Labute approximate surface area is 133 Å². The Morgan fingerprint density at radius 1 is 1.36 bits per heavy atom. The molecule has 0 radical (unpaired) electrons. The molecular formula is C17H28N4O. The number of nitrogens with one attached hydrogen (secondary N) is 1. The number of aromatic nitrogens is 1. The van der Waals surface area contributed by atoms with Crippen molar-refractivity contribution < 1.29 is 4.74 Å². The van der Waals surface area contributed by atoms with Crippen LogP contribution >= 0.6 is 0 Å². The van der Waals surface area contributed by atoms with Crippen molar-refractivity contribution in [1.29, 1.82) is 0 Å². The molecule has 0 amide bonds. The number of hydrogen-bond donors (Lipinski definition) is 1. The van der Waals surface area contributed by atoms with Crippen molar-refractivity contribution in [3.05, 3.63) is 23.9 Å². The van der Waals surface area contributed by atoms with Crippen molar-refractivity contribution in [2.24, 2.45) is 10.4 Å². The van der Waals surface area contributed by atoms with Crippen molar-refractivity contribution in [1.82, 2.24) is 15.2 Å². The molecule has 1 N–H and O–H groups in total. The molecule has 122 valence electrons. The fraction of sp³-hybridized carbons (Fsp3) is 0.647. The first-order valence-electron chi connectivity index (χ1n) is 7.86. The third-order valence-electron chi connectivity index (χ3n) is 4.89. The summed E-state index contributed by atoms with van der Waals surface area (Å²) in [5.41, 5.74) is 1.48. The molecule has 1 saturated heterocycles. The van der Waals surface area contributed by atoms with Gasteiger partial charge in [0.25, 0.3) is 0 Å². The maximum atomic E-state index is 5.08. The summed E-state index contributed by atoms with van der Waals surface area (Å²) in [7, 11) is 1.62. The molecule has 0 saturated carbocycles. The van der Waals surface area contributed by atoms with Crippen LogP contribution < -0.4 is 10.1 Å². The highest BCUT2D eigenvalue weighted by Gasteiger charge is 2.53. The molecule has 1 fully saturated rings. The Morgan fingerprint density at radius 3 is 2.55 bits per heavy atom. The molecule has 1 aliphatic rings. The maximum Gasteiger partial charge on any atom is 0.212 e. The number of pyridine rings is 1. The molecule has 5 heteroatoms. The average molecular weight is 304 g/mol. The zero-order valence-corrected chi connectivity index (χ0v) is 14.6. The number of ether oxygens (including phenoxy) is 1. The van der Waals surface area contributed by atoms with E-state index in [2.05, 4.69) is 49.8 Å². The van der Waals surface area contributed by atoms with Gasteiger partial charge in [0.05, 0.1) is 13.7 Å². The van der Waals surface area contributed by atoms with E-state index in [-0.39, 0.29) is 5.54 Å². The lowest BCUT2D eigenvalue weighted by molar-refractivity contribution is -0.0667. The Balaban J connectivity index is 2.11. The van der Waals surface area contributed by atoms with Gasteiger partial charge in [0.2, 0.25) is 5.88 Å². The van der Waals surface area contributed by atoms with Gasteiger partial charge in [-0.15, -0.1) is 0 Å². The average Bonchev–Trinajstić information content (AvgIpc) is 2.50. The van der Waals surface area contributed by atoms with Crippen molar-refractivity contribution in [3.8, 4) is 5.88 Å². The normalized spacial score (nSPS) is 19.5. The molecule has 2 heterocycles. The van der Waals surface area contributed by atoms with E-state index in [1.54, 1.807) is 7.11 Å². The summed E-state index contributed by atoms with van der Waals surface area (Å²) in [5.74, 6) is 1.60. The number of guanidine groups is 1. The van der Waals surface area contributed by atoms with E-state index in [1.165, 1.54) is 0 Å². The number of nitrogens with zero attached hydrogens (tertiary/aromatic N) is 3. The third-order valence-corrected chi connectivity index (χ3v) is 4.89. The van der Waals surface area contributed by atoms with Gasteiger partial charge in [0.1, 0.15) is 0 Å². The number of aliphatic imine (C=N–C) groups is 1. The van der Waals surface area contributed by atoms with E-state index in [9.17, 15) is 0 Å². The fourth-order valence-corrected chi connectivity index (χ4v) is 2.59. The van der Waals surface area contributed by atoms with E-state index < -0.39 is 0 Å². The summed E-state index contributed by atoms with van der Waals surface area (Å²) < 4.78 is 5.08. The van der Waals surface area contributed by atoms with Gasteiger partial charge in [-0.3, -0.25) is 0 Å². The molecule has 1 aromatic rings. The highest BCUT2D eigenvalue weighted by atomic mass is 16.5. The summed E-state index contributed by atoms with van der Waals surface area (Å²) in [5, 5.41) is 3.40. The zero-order chi connectivity index (χ0) is 16.4. The number of hydrogen-bond acceptors (Lipinski definition) is 3. The fourth-order valence-electron chi connectivity index (χ4n) is 2.59. The highest BCUT2D eigenvalue weighted by molar-refractivity contribution is 5.82. The first-order chi connectivity index (χ1) is 10.3. The Kier molecular flexibility index (Phi) is 4.63. The molecule has 0 bridgehead atoms. The van der Waals surface area contributed by atoms with Crippen LogP contribution in [0.15, 0.2) is 23.3 Å². The maximum absolute atomic E-state index is 5.08. The van der Waals surface area contributed by atoms with Crippen LogP contribution in [-0.4, -0.2) is 41.6 Å². The van der Waals surface area contributed by atoms with Crippen LogP contribution in [0, 0.1) is 5.41 Å². The predicted octanol–water partition coefficient (Wildman–Crippen LogP) is 2.68. The lowest BCUT2D eigenvalue weighted by Gasteiger charge is -2.62. The molecule has 0 atom stereocenters. The predicted molar refractivity (Wildman–Crippen MR) is 90.2 cm³/mol. The minimum atomic E-state index is 0.103. The molecule has 0 aliphatic carbocycles. The standard InChI is InChI=1S/C17H28N4O/c1-7-18-15(21-12-16(2,3)17(21,4)5)20-11-13-8-9-14(22-6)19-10-13/h8-10H,7,11-12H2,1-6H3,(H,18,20). The van der Waals surface area contributed by atoms with Crippen molar-refractivity contribution in [2.75, 3.05) is 20.2 Å². The number of methoxy groups -OCH3 is 1. The third kappa shape index (κ3) is 3.03. The number of rotatable bonds is 4. The second kappa shape index (κ2) is 6.15. The lowest BCUT2D eigenvalue weighted by atomic mass is 9.65. The van der Waals surface area contributed by atoms with E-state index >= 15 is 0 Å². The van der Waals surface area contributed by atoms with Gasteiger partial charge in [-0.1, -0.05) is 19.9 Å². The van der Waals surface area contributed by atoms with Crippen LogP contribution in [0.1, 0.15) is 40.2 Å². The van der Waals surface area contributed by atoms with Gasteiger partial charge in [-0.25, -0.2) is 9.98 Å². The second-order valence-electron chi connectivity index (χ2n) is 6.91. The second-order valence-corrected chi connectivity index (χ2v) is 6.91. The summed E-state index contributed by atoms with van der Waals surface area (Å²) in [6, 6.07) is 3.87. The summed E-state index contributed by atoms with van der Waals surface area (Å²) in [4.78, 5) is 11.4. The van der Waals surface area contributed by atoms with Crippen LogP contribution in [0.5, 0.6) is 5.88 Å². The highest BCUT2D eigenvalue weighted by Crippen LogP contribution is 2.46. The monoisotopic (exact) mass is 304 g/mol. The van der Waals surface area contributed by atoms with Crippen LogP contribution in [0.3, 0.4) is 0 Å². The van der Waals surface area contributed by atoms with Gasteiger partial charge < -0.3 is 15.0 Å². The lowest BCUT2D eigenvalue weighted by Crippen LogP contribution is -2.72. The zero-order valence-electron chi connectivity index (χ0n) is 14.6. The first-order valence-corrected chi connectivity index (χ1v) is 7.86. The van der Waals surface area contributed by atoms with Crippen molar-refractivity contribution in [3.63, 3.8) is 0 Å². The minimum absolute atomic E-state index is 0.103. The summed E-state index contributed by atoms with van der Waals surface area (Å²) >= 11 is 0. The molecule has 0 spiro atoms. The van der Waals surface area contributed by atoms with Crippen LogP contribution in [-0.2, 0) is 6.54 Å². The molecule has 0 unspecified atom stereocenters. The SMILES string of the molecule is CCNC(=NCc1ccc(OC)nc1)N1CC(C)(C)C1(C)C. The minimum Gasteiger partial charge on any atom is -0.481 e. The quantitative estimate of drug-likeness (QED) is 0.686. The largest absolute Gasteiger partial charge is 0.481 e. The van der Waals surface area contributed by atoms with E-state index in [1.807, 2.05) is 18.3 Å². The molecule has 5 nitrogen and oxygen atoms in total. The van der Waals surface area contributed by atoms with Gasteiger partial charge in [-0.05, 0) is 26.3 Å². The smallest absolute Gasteiger partial charge is 0.212 e. The topological polar surface area (TPSA) is 49.8 Å². The Hall–Kier alpha value is -1.78. The van der Waals surface area contributed by atoms with Gasteiger partial charge >= 0.3 is 0 Å². The van der Waals surface area contributed by atoms with Crippen LogP contribution in [0.4, 0.5) is 0 Å². The van der Waals surface area contributed by atoms with Crippen LogP contribution in [0.2, 0.25) is 0 Å². The van der Waals surface area contributed by atoms with E-state index in [0.717, 1.165) is 24.6 Å². The van der Waals surface area contributed by atoms with Gasteiger partial charge in [-0.2, -0.15) is 0 Å². The molecule has 22 heavy (non-hydrogen) atoms. The molecular weight excluding hydrogens is 276 g/mol. The number of likely N-dealkylation sites (tertiary alicyclic amines) is 1. The molecule has 1 aromatic heterocycles. The van der Waals surface area contributed by atoms with Crippen molar-refractivity contribution >= 4 is 5.96 Å². The molecule has 1 aliphatic heterocycles. The van der Waals surface area contributed by atoms with Crippen molar-refractivity contribution in [2.45, 2.75) is 46.7 Å². The summed E-state index contributed by atoms with van der Waals surface area (Å²) in [6.45, 7) is 13.8. The van der Waals surface area contributed by atoms with Gasteiger partial charge in [0.15, 0.2) is 5.96 Å². The summed E-state index contributed by atoms with van der Waals surface area (Å²) in [6.07, 6.45) is 1.82.